The minimum atomic E-state index is -0.343. The molecule has 6 heteroatoms. The van der Waals surface area contributed by atoms with E-state index in [0.29, 0.717) is 17.9 Å². The van der Waals surface area contributed by atoms with E-state index < -0.39 is 0 Å². The summed E-state index contributed by atoms with van der Waals surface area (Å²) in [5, 5.41) is 7.49. The van der Waals surface area contributed by atoms with Gasteiger partial charge in [-0.3, -0.25) is 9.78 Å². The zero-order valence-corrected chi connectivity index (χ0v) is 14.0. The van der Waals surface area contributed by atoms with Gasteiger partial charge >= 0.3 is 0 Å². The summed E-state index contributed by atoms with van der Waals surface area (Å²) in [6.45, 7) is 2.59. The van der Waals surface area contributed by atoms with Gasteiger partial charge in [-0.2, -0.15) is 9.78 Å². The van der Waals surface area contributed by atoms with Crippen LogP contribution in [0.2, 0.25) is 5.02 Å². The minimum Gasteiger partial charge on any atom is -0.382 e. The van der Waals surface area contributed by atoms with Crippen LogP contribution in [0.3, 0.4) is 0 Å². The number of nitrogens with zero attached hydrogens (tertiary/aromatic N) is 3. The highest BCUT2D eigenvalue weighted by Crippen LogP contribution is 2.16. The number of hydrogen-bond acceptors (Lipinski definition) is 4. The van der Waals surface area contributed by atoms with E-state index in [0.717, 1.165) is 17.7 Å². The smallest absolute Gasteiger partial charge is 0.292 e. The third-order valence-electron chi connectivity index (χ3n) is 3.62. The van der Waals surface area contributed by atoms with Crippen molar-refractivity contribution in [2.45, 2.75) is 13.3 Å². The number of aromatic nitrogens is 3. The number of halogens is 1. The van der Waals surface area contributed by atoms with Gasteiger partial charge in [-0.15, -0.1) is 0 Å². The Morgan fingerprint density at radius 1 is 1.12 bits per heavy atom. The van der Waals surface area contributed by atoms with Crippen molar-refractivity contribution in [2.24, 2.45) is 0 Å². The highest BCUT2D eigenvalue weighted by atomic mass is 35.5. The molecular formula is C18H17ClN4O. The zero-order chi connectivity index (χ0) is 16.9. The minimum absolute atomic E-state index is 0.135. The van der Waals surface area contributed by atoms with Gasteiger partial charge < -0.3 is 5.32 Å². The van der Waals surface area contributed by atoms with E-state index in [-0.39, 0.29) is 10.6 Å². The van der Waals surface area contributed by atoms with Gasteiger partial charge in [-0.25, -0.2) is 0 Å². The molecule has 0 amide bonds. The fourth-order valence-electron chi connectivity index (χ4n) is 2.30. The largest absolute Gasteiger partial charge is 0.382 e. The lowest BCUT2D eigenvalue weighted by atomic mass is 10.2. The summed E-state index contributed by atoms with van der Waals surface area (Å²) in [5.41, 5.74) is 2.98. The van der Waals surface area contributed by atoms with Crippen molar-refractivity contribution in [3.8, 4) is 5.69 Å². The third-order valence-corrected chi connectivity index (χ3v) is 3.99. The highest BCUT2D eigenvalue weighted by Gasteiger charge is 2.10. The van der Waals surface area contributed by atoms with Gasteiger partial charge in [0, 0.05) is 18.4 Å². The molecule has 0 radical (unpaired) electrons. The van der Waals surface area contributed by atoms with Crippen molar-refractivity contribution >= 4 is 17.3 Å². The van der Waals surface area contributed by atoms with Gasteiger partial charge in [0.15, 0.2) is 0 Å². The standard InChI is InChI=1S/C18H17ClN4O/c1-13-7-8-14(11-21-13)9-10-20-16-12-22-23(18(24)17(16)19)15-5-3-2-4-6-15/h2-8,11-12,20H,9-10H2,1H3. The Labute approximate surface area is 144 Å². The number of hydrogen-bond donors (Lipinski definition) is 1. The Morgan fingerprint density at radius 2 is 1.92 bits per heavy atom. The van der Waals surface area contributed by atoms with Crippen LogP contribution in [0.5, 0.6) is 0 Å². The van der Waals surface area contributed by atoms with Crippen molar-refractivity contribution in [3.05, 3.63) is 81.5 Å². The molecule has 0 fully saturated rings. The van der Waals surface area contributed by atoms with Crippen molar-refractivity contribution in [2.75, 3.05) is 11.9 Å². The molecule has 2 heterocycles. The molecule has 24 heavy (non-hydrogen) atoms. The van der Waals surface area contributed by atoms with Crippen LogP contribution < -0.4 is 10.9 Å². The Balaban J connectivity index is 1.72. The first kappa shape index (κ1) is 16.2. The fourth-order valence-corrected chi connectivity index (χ4v) is 2.49. The number of nitrogens with one attached hydrogen (secondary N) is 1. The molecule has 3 aromatic rings. The van der Waals surface area contributed by atoms with E-state index in [1.807, 2.05) is 55.6 Å². The average molecular weight is 341 g/mol. The molecule has 122 valence electrons. The quantitative estimate of drug-likeness (QED) is 0.774. The van der Waals surface area contributed by atoms with Crippen molar-refractivity contribution < 1.29 is 0 Å². The van der Waals surface area contributed by atoms with Gasteiger partial charge in [0.25, 0.3) is 5.56 Å². The molecule has 5 nitrogen and oxygen atoms in total. The topological polar surface area (TPSA) is 59.8 Å². The number of aryl methyl sites for hydroxylation is 1. The van der Waals surface area contributed by atoms with Gasteiger partial charge in [-0.1, -0.05) is 35.9 Å². The molecular weight excluding hydrogens is 324 g/mol. The van der Waals surface area contributed by atoms with Crippen LogP contribution in [0.15, 0.2) is 59.7 Å². The molecule has 0 saturated heterocycles. The molecule has 0 aliphatic heterocycles. The molecule has 0 atom stereocenters. The Bertz CT molecular complexity index is 876. The summed E-state index contributed by atoms with van der Waals surface area (Å²) in [6.07, 6.45) is 4.21. The molecule has 2 aromatic heterocycles. The summed E-state index contributed by atoms with van der Waals surface area (Å²) in [7, 11) is 0. The summed E-state index contributed by atoms with van der Waals surface area (Å²) < 4.78 is 1.29. The van der Waals surface area contributed by atoms with Crippen LogP contribution in [0.1, 0.15) is 11.3 Å². The molecule has 0 saturated carbocycles. The van der Waals surface area contributed by atoms with Crippen LogP contribution in [-0.4, -0.2) is 21.3 Å². The van der Waals surface area contributed by atoms with Crippen LogP contribution in [0, 0.1) is 6.92 Å². The average Bonchev–Trinajstić information content (AvgIpc) is 2.61. The summed E-state index contributed by atoms with van der Waals surface area (Å²) in [6, 6.07) is 13.2. The number of benzene rings is 1. The maximum atomic E-state index is 12.4. The van der Waals surface area contributed by atoms with Crippen molar-refractivity contribution in [1.29, 1.82) is 0 Å². The molecule has 0 spiro atoms. The lowest BCUT2D eigenvalue weighted by Crippen LogP contribution is -2.23. The highest BCUT2D eigenvalue weighted by molar-refractivity contribution is 6.32. The molecule has 0 aliphatic rings. The first-order valence-corrected chi connectivity index (χ1v) is 8.01. The number of pyridine rings is 1. The second kappa shape index (κ2) is 7.27. The molecule has 3 rings (SSSR count). The molecule has 1 aromatic carbocycles. The Kier molecular flexibility index (Phi) is 4.91. The number of para-hydroxylation sites is 1. The lowest BCUT2D eigenvalue weighted by Gasteiger charge is -2.10. The lowest BCUT2D eigenvalue weighted by molar-refractivity contribution is 0.806. The van der Waals surface area contributed by atoms with E-state index in [1.54, 1.807) is 6.20 Å². The second-order valence-corrected chi connectivity index (χ2v) is 5.79. The normalized spacial score (nSPS) is 10.6. The molecule has 1 N–H and O–H groups in total. The van der Waals surface area contributed by atoms with Gasteiger partial charge in [-0.05, 0) is 37.1 Å². The van der Waals surface area contributed by atoms with E-state index in [4.69, 9.17) is 11.6 Å². The van der Waals surface area contributed by atoms with Crippen molar-refractivity contribution in [3.63, 3.8) is 0 Å². The van der Waals surface area contributed by atoms with Crippen LogP contribution in [0.25, 0.3) is 5.69 Å². The SMILES string of the molecule is Cc1ccc(CCNc2cnn(-c3ccccc3)c(=O)c2Cl)cn1. The summed E-state index contributed by atoms with van der Waals surface area (Å²) in [4.78, 5) is 16.6. The first-order chi connectivity index (χ1) is 11.6. The van der Waals surface area contributed by atoms with Gasteiger partial charge in [0.1, 0.15) is 5.02 Å². The van der Waals surface area contributed by atoms with Gasteiger partial charge in [0.05, 0.1) is 17.6 Å². The molecule has 0 bridgehead atoms. The molecule has 0 aliphatic carbocycles. The summed E-state index contributed by atoms with van der Waals surface area (Å²) >= 11 is 6.20. The maximum absolute atomic E-state index is 12.4. The first-order valence-electron chi connectivity index (χ1n) is 7.64. The second-order valence-electron chi connectivity index (χ2n) is 5.41. The van der Waals surface area contributed by atoms with Crippen molar-refractivity contribution in [1.82, 2.24) is 14.8 Å². The van der Waals surface area contributed by atoms with E-state index >= 15 is 0 Å². The Morgan fingerprint density at radius 3 is 2.62 bits per heavy atom. The van der Waals surface area contributed by atoms with Gasteiger partial charge in [0.2, 0.25) is 0 Å². The third kappa shape index (κ3) is 3.63. The van der Waals surface area contributed by atoms with E-state index in [1.165, 1.54) is 4.68 Å². The Hall–Kier alpha value is -2.66. The van der Waals surface area contributed by atoms with E-state index in [2.05, 4.69) is 15.4 Å². The monoisotopic (exact) mass is 340 g/mol. The van der Waals surface area contributed by atoms with Crippen LogP contribution in [0.4, 0.5) is 5.69 Å². The zero-order valence-electron chi connectivity index (χ0n) is 13.2. The van der Waals surface area contributed by atoms with E-state index in [9.17, 15) is 4.79 Å². The van der Waals surface area contributed by atoms with Crippen LogP contribution in [-0.2, 0) is 6.42 Å². The number of anilines is 1. The molecule has 0 unspecified atom stereocenters. The number of rotatable bonds is 5. The predicted octanol–water partition coefficient (Wildman–Crippen LogP) is 3.24. The fraction of sp³-hybridized carbons (Fsp3) is 0.167. The van der Waals surface area contributed by atoms with Crippen LogP contribution >= 0.6 is 11.6 Å². The predicted molar refractivity (Wildman–Crippen MR) is 96.0 cm³/mol. The summed E-state index contributed by atoms with van der Waals surface area (Å²) in [5.74, 6) is 0. The maximum Gasteiger partial charge on any atom is 0.292 e.